The third-order valence-electron chi connectivity index (χ3n) is 3.69. The van der Waals surface area contributed by atoms with Gasteiger partial charge in [0.05, 0.1) is 16.3 Å². The van der Waals surface area contributed by atoms with E-state index in [0.29, 0.717) is 5.69 Å². The van der Waals surface area contributed by atoms with Crippen molar-refractivity contribution >= 4 is 21.2 Å². The Morgan fingerprint density at radius 2 is 2.16 bits per heavy atom. The Morgan fingerprint density at radius 3 is 2.74 bits per heavy atom. The van der Waals surface area contributed by atoms with Crippen molar-refractivity contribution in [2.24, 2.45) is 5.92 Å². The fourth-order valence-electron chi connectivity index (χ4n) is 2.55. The Kier molecular flexibility index (Phi) is 4.01. The van der Waals surface area contributed by atoms with Gasteiger partial charge in [0, 0.05) is 24.8 Å². The Labute approximate surface area is 113 Å². The summed E-state index contributed by atoms with van der Waals surface area (Å²) < 4.78 is 22.9. The van der Waals surface area contributed by atoms with Crippen LogP contribution >= 0.6 is 0 Å². The van der Waals surface area contributed by atoms with Gasteiger partial charge < -0.3 is 16.2 Å². The highest BCUT2D eigenvalue weighted by Crippen LogP contribution is 2.31. The molecule has 1 aliphatic carbocycles. The van der Waals surface area contributed by atoms with E-state index in [0.717, 1.165) is 31.2 Å². The minimum atomic E-state index is -3.23. The third-order valence-corrected chi connectivity index (χ3v) is 4.80. The quantitative estimate of drug-likeness (QED) is 0.724. The number of hydrogen-bond donors (Lipinski definition) is 3. The summed E-state index contributed by atoms with van der Waals surface area (Å²) in [5.74, 6) is 0.244. The summed E-state index contributed by atoms with van der Waals surface area (Å²) in [7, 11) is -3.23. The van der Waals surface area contributed by atoms with E-state index in [1.165, 1.54) is 6.07 Å². The molecule has 0 radical (unpaired) electrons. The van der Waals surface area contributed by atoms with E-state index < -0.39 is 9.84 Å². The molecule has 5 nitrogen and oxygen atoms in total. The number of nitrogens with one attached hydrogen (secondary N) is 1. The molecule has 0 spiro atoms. The second-order valence-corrected chi connectivity index (χ2v) is 7.16. The number of benzene rings is 1. The molecular formula is C13H20N2O3S. The van der Waals surface area contributed by atoms with Gasteiger partial charge in [-0.2, -0.15) is 0 Å². The van der Waals surface area contributed by atoms with E-state index in [4.69, 9.17) is 5.73 Å². The van der Waals surface area contributed by atoms with Gasteiger partial charge in [0.15, 0.2) is 9.84 Å². The van der Waals surface area contributed by atoms with Gasteiger partial charge in [-0.3, -0.25) is 0 Å². The van der Waals surface area contributed by atoms with Crippen LogP contribution in [-0.2, 0) is 9.84 Å². The average molecular weight is 284 g/mol. The molecule has 19 heavy (non-hydrogen) atoms. The molecule has 6 heteroatoms. The van der Waals surface area contributed by atoms with Gasteiger partial charge in [-0.25, -0.2) is 8.42 Å². The number of aliphatic hydroxyl groups is 1. The van der Waals surface area contributed by atoms with Crippen molar-refractivity contribution in [2.45, 2.75) is 30.2 Å². The molecule has 0 saturated heterocycles. The molecule has 0 heterocycles. The average Bonchev–Trinajstić information content (AvgIpc) is 2.77. The summed E-state index contributed by atoms with van der Waals surface area (Å²) in [6.45, 7) is 0.166. The van der Waals surface area contributed by atoms with Crippen molar-refractivity contribution in [3.05, 3.63) is 18.2 Å². The number of nitrogen functional groups attached to an aromatic ring is 1. The van der Waals surface area contributed by atoms with E-state index in [-0.39, 0.29) is 23.5 Å². The highest BCUT2D eigenvalue weighted by Gasteiger charge is 2.26. The zero-order valence-corrected chi connectivity index (χ0v) is 11.8. The molecule has 4 N–H and O–H groups in total. The first-order valence-corrected chi connectivity index (χ1v) is 8.28. The van der Waals surface area contributed by atoms with Crippen molar-refractivity contribution in [3.8, 4) is 0 Å². The van der Waals surface area contributed by atoms with Gasteiger partial charge in [-0.05, 0) is 31.0 Å². The zero-order chi connectivity index (χ0) is 14.0. The van der Waals surface area contributed by atoms with Crippen LogP contribution in [0, 0.1) is 5.92 Å². The lowest BCUT2D eigenvalue weighted by atomic mass is 10.0. The summed E-state index contributed by atoms with van der Waals surface area (Å²) in [4.78, 5) is 0.223. The van der Waals surface area contributed by atoms with Crippen molar-refractivity contribution in [2.75, 3.05) is 23.9 Å². The topological polar surface area (TPSA) is 92.4 Å². The normalized spacial score (nSPS) is 23.5. The first-order chi connectivity index (χ1) is 8.91. The number of hydrogen-bond acceptors (Lipinski definition) is 5. The second-order valence-electron chi connectivity index (χ2n) is 5.15. The number of aliphatic hydroxyl groups excluding tert-OH is 1. The molecule has 2 rings (SSSR count). The molecule has 0 aliphatic heterocycles. The smallest absolute Gasteiger partial charge is 0.175 e. The first-order valence-electron chi connectivity index (χ1n) is 6.39. The minimum absolute atomic E-state index is 0.166. The number of anilines is 2. The largest absolute Gasteiger partial charge is 0.397 e. The maximum Gasteiger partial charge on any atom is 0.175 e. The molecular weight excluding hydrogens is 264 g/mol. The fraction of sp³-hybridized carbons (Fsp3) is 0.538. The zero-order valence-electron chi connectivity index (χ0n) is 11.0. The lowest BCUT2D eigenvalue weighted by Crippen LogP contribution is -2.26. The molecule has 0 bridgehead atoms. The van der Waals surface area contributed by atoms with Crippen molar-refractivity contribution in [3.63, 3.8) is 0 Å². The molecule has 1 aromatic carbocycles. The summed E-state index contributed by atoms with van der Waals surface area (Å²) in [6.07, 6.45) is 4.26. The molecule has 1 aromatic rings. The fourth-order valence-corrected chi connectivity index (χ4v) is 3.20. The van der Waals surface area contributed by atoms with E-state index in [2.05, 4.69) is 5.32 Å². The van der Waals surface area contributed by atoms with Crippen LogP contribution in [0.3, 0.4) is 0 Å². The van der Waals surface area contributed by atoms with Crippen LogP contribution in [0.4, 0.5) is 11.4 Å². The van der Waals surface area contributed by atoms with Crippen molar-refractivity contribution in [1.29, 1.82) is 0 Å². The highest BCUT2D eigenvalue weighted by molar-refractivity contribution is 7.90. The Morgan fingerprint density at radius 1 is 1.42 bits per heavy atom. The van der Waals surface area contributed by atoms with Crippen LogP contribution in [0.1, 0.15) is 19.3 Å². The van der Waals surface area contributed by atoms with Gasteiger partial charge in [0.25, 0.3) is 0 Å². The molecule has 106 valence electrons. The standard InChI is InChI=1S/C13H20N2O3S/c1-19(17,18)10-5-6-13(11(14)7-10)15-12-4-2-3-9(12)8-16/h5-7,9,12,15-16H,2-4,8,14H2,1H3. The molecule has 0 amide bonds. The monoisotopic (exact) mass is 284 g/mol. The summed E-state index contributed by atoms with van der Waals surface area (Å²) in [6, 6.07) is 4.92. The first kappa shape index (κ1) is 14.1. The summed E-state index contributed by atoms with van der Waals surface area (Å²) in [5.41, 5.74) is 7.05. The summed E-state index contributed by atoms with van der Waals surface area (Å²) in [5, 5.41) is 12.6. The predicted octanol–water partition coefficient (Wildman–Crippen LogP) is 1.25. The lowest BCUT2D eigenvalue weighted by Gasteiger charge is -2.21. The van der Waals surface area contributed by atoms with Crippen LogP contribution in [-0.4, -0.2) is 32.4 Å². The van der Waals surface area contributed by atoms with Gasteiger partial charge >= 0.3 is 0 Å². The number of sulfone groups is 1. The van der Waals surface area contributed by atoms with Crippen LogP contribution < -0.4 is 11.1 Å². The van der Waals surface area contributed by atoms with Gasteiger partial charge in [-0.15, -0.1) is 0 Å². The maximum absolute atomic E-state index is 11.4. The van der Waals surface area contributed by atoms with E-state index >= 15 is 0 Å². The summed E-state index contributed by atoms with van der Waals surface area (Å²) >= 11 is 0. The van der Waals surface area contributed by atoms with Gasteiger partial charge in [-0.1, -0.05) is 6.42 Å². The Balaban J connectivity index is 2.18. The van der Waals surface area contributed by atoms with Crippen LogP contribution in [0.15, 0.2) is 23.1 Å². The maximum atomic E-state index is 11.4. The van der Waals surface area contributed by atoms with Gasteiger partial charge in [0.1, 0.15) is 0 Å². The van der Waals surface area contributed by atoms with Crippen molar-refractivity contribution < 1.29 is 13.5 Å². The van der Waals surface area contributed by atoms with E-state index in [1.807, 2.05) is 0 Å². The van der Waals surface area contributed by atoms with Gasteiger partial charge in [0.2, 0.25) is 0 Å². The Bertz CT molecular complexity index is 557. The Hall–Kier alpha value is -1.27. The van der Waals surface area contributed by atoms with E-state index in [9.17, 15) is 13.5 Å². The molecule has 1 fully saturated rings. The van der Waals surface area contributed by atoms with E-state index in [1.54, 1.807) is 12.1 Å². The molecule has 2 unspecified atom stereocenters. The molecule has 0 aromatic heterocycles. The van der Waals surface area contributed by atoms with Crippen LogP contribution in [0.2, 0.25) is 0 Å². The van der Waals surface area contributed by atoms with Crippen LogP contribution in [0.5, 0.6) is 0 Å². The minimum Gasteiger partial charge on any atom is -0.397 e. The van der Waals surface area contributed by atoms with Crippen molar-refractivity contribution in [1.82, 2.24) is 0 Å². The molecule has 2 atom stereocenters. The lowest BCUT2D eigenvalue weighted by molar-refractivity contribution is 0.222. The SMILES string of the molecule is CS(=O)(=O)c1ccc(NC2CCCC2CO)c(N)c1. The predicted molar refractivity (Wildman–Crippen MR) is 75.8 cm³/mol. The molecule has 1 aliphatic rings. The molecule has 1 saturated carbocycles. The second kappa shape index (κ2) is 5.38. The number of rotatable bonds is 4. The number of nitrogens with two attached hydrogens (primary N) is 1. The van der Waals surface area contributed by atoms with Crippen LogP contribution in [0.25, 0.3) is 0 Å². The highest BCUT2D eigenvalue weighted by atomic mass is 32.2. The third kappa shape index (κ3) is 3.19.